The number of hydrogen-bond acceptors (Lipinski definition) is 3. The molecule has 0 aliphatic carbocycles. The zero-order valence-electron chi connectivity index (χ0n) is 12.3. The van der Waals surface area contributed by atoms with Crippen LogP contribution in [0.3, 0.4) is 0 Å². The molecule has 1 unspecified atom stereocenters. The maximum absolute atomic E-state index is 13.7. The third-order valence-electron chi connectivity index (χ3n) is 3.38. The number of hydrogen-bond donors (Lipinski definition) is 1. The molecule has 5 nitrogen and oxygen atoms in total. The van der Waals surface area contributed by atoms with Gasteiger partial charge >= 0.3 is 5.69 Å². The monoisotopic (exact) mass is 293 g/mol. The summed E-state index contributed by atoms with van der Waals surface area (Å²) in [5, 5.41) is 0. The number of rotatable bonds is 6. The normalized spacial score (nSPS) is 12.4. The van der Waals surface area contributed by atoms with E-state index in [0.29, 0.717) is 18.7 Å². The minimum Gasteiger partial charge on any atom is -0.494 e. The van der Waals surface area contributed by atoms with Crippen molar-refractivity contribution in [3.8, 4) is 5.75 Å². The third kappa shape index (κ3) is 3.33. The number of imidazole rings is 1. The predicted octanol–water partition coefficient (Wildman–Crippen LogP) is 1.91. The lowest BCUT2D eigenvalue weighted by Gasteiger charge is -2.13. The molecule has 114 valence electrons. The average molecular weight is 293 g/mol. The first-order valence-corrected chi connectivity index (χ1v) is 6.91. The van der Waals surface area contributed by atoms with Crippen molar-refractivity contribution in [1.82, 2.24) is 9.13 Å². The Morgan fingerprint density at radius 1 is 1.33 bits per heavy atom. The van der Waals surface area contributed by atoms with Crippen LogP contribution in [0.25, 0.3) is 0 Å². The largest absolute Gasteiger partial charge is 0.494 e. The van der Waals surface area contributed by atoms with Gasteiger partial charge in [-0.1, -0.05) is 13.0 Å². The molecule has 6 heteroatoms. The summed E-state index contributed by atoms with van der Waals surface area (Å²) < 4.78 is 21.7. The van der Waals surface area contributed by atoms with Crippen molar-refractivity contribution in [2.45, 2.75) is 32.5 Å². The molecule has 1 aromatic carbocycles. The Bertz CT molecular complexity index is 663. The molecular weight excluding hydrogens is 273 g/mol. The number of nitrogens with two attached hydrogens (primary N) is 1. The van der Waals surface area contributed by atoms with Gasteiger partial charge in [-0.25, -0.2) is 9.18 Å². The van der Waals surface area contributed by atoms with Crippen LogP contribution in [0.5, 0.6) is 5.75 Å². The summed E-state index contributed by atoms with van der Waals surface area (Å²) in [5.74, 6) is -0.279. The summed E-state index contributed by atoms with van der Waals surface area (Å²) in [6.07, 6.45) is 4.34. The Morgan fingerprint density at radius 2 is 2.05 bits per heavy atom. The highest BCUT2D eigenvalue weighted by molar-refractivity contribution is 5.30. The molecule has 2 N–H and O–H groups in total. The molecule has 1 aromatic heterocycles. The molecule has 0 radical (unpaired) electrons. The maximum Gasteiger partial charge on any atom is 0.328 e. The molecule has 0 aliphatic rings. The van der Waals surface area contributed by atoms with Gasteiger partial charge in [-0.3, -0.25) is 9.13 Å². The van der Waals surface area contributed by atoms with Gasteiger partial charge in [0.25, 0.3) is 0 Å². The number of methoxy groups -OCH3 is 1. The average Bonchev–Trinajstić information content (AvgIpc) is 2.80. The molecule has 21 heavy (non-hydrogen) atoms. The summed E-state index contributed by atoms with van der Waals surface area (Å²) in [4.78, 5) is 12.1. The summed E-state index contributed by atoms with van der Waals surface area (Å²) in [5.41, 5.74) is 6.60. The number of ether oxygens (including phenoxy) is 1. The predicted molar refractivity (Wildman–Crippen MR) is 78.9 cm³/mol. The highest BCUT2D eigenvalue weighted by atomic mass is 19.1. The minimum absolute atomic E-state index is 0.0960. The van der Waals surface area contributed by atoms with E-state index < -0.39 is 11.9 Å². The van der Waals surface area contributed by atoms with Gasteiger partial charge < -0.3 is 10.5 Å². The number of benzene rings is 1. The molecule has 0 saturated carbocycles. The smallest absolute Gasteiger partial charge is 0.328 e. The van der Waals surface area contributed by atoms with E-state index in [-0.39, 0.29) is 11.4 Å². The molecule has 0 spiro atoms. The molecule has 2 rings (SSSR count). The second-order valence-electron chi connectivity index (χ2n) is 4.93. The first-order chi connectivity index (χ1) is 10.1. The van der Waals surface area contributed by atoms with Crippen molar-refractivity contribution in [1.29, 1.82) is 0 Å². The number of nitrogens with zero attached hydrogens (tertiary/aromatic N) is 2. The lowest BCUT2D eigenvalue weighted by molar-refractivity contribution is 0.385. The third-order valence-corrected chi connectivity index (χ3v) is 3.38. The number of halogens is 1. The topological polar surface area (TPSA) is 62.2 Å². The molecule has 1 atom stereocenters. The Balaban J connectivity index is 2.16. The summed E-state index contributed by atoms with van der Waals surface area (Å²) >= 11 is 0. The van der Waals surface area contributed by atoms with E-state index in [1.54, 1.807) is 27.6 Å². The van der Waals surface area contributed by atoms with Crippen LogP contribution in [0.2, 0.25) is 0 Å². The lowest BCUT2D eigenvalue weighted by Crippen LogP contribution is -2.28. The number of aryl methyl sites for hydroxylation is 1. The highest BCUT2D eigenvalue weighted by Crippen LogP contribution is 2.21. The van der Waals surface area contributed by atoms with Gasteiger partial charge in [-0.05, 0) is 24.1 Å². The van der Waals surface area contributed by atoms with Gasteiger partial charge in [0, 0.05) is 31.5 Å². The molecule has 0 aliphatic heterocycles. The molecule has 0 saturated heterocycles. The fraction of sp³-hybridized carbons (Fsp3) is 0.400. The Hall–Kier alpha value is -2.08. The van der Waals surface area contributed by atoms with Crippen molar-refractivity contribution in [3.05, 3.63) is 52.5 Å². The van der Waals surface area contributed by atoms with Crippen LogP contribution in [0.1, 0.15) is 24.9 Å². The van der Waals surface area contributed by atoms with Gasteiger partial charge in [0.05, 0.1) is 7.11 Å². The summed E-state index contributed by atoms with van der Waals surface area (Å²) in [6, 6.07) is 4.13. The van der Waals surface area contributed by atoms with E-state index >= 15 is 0 Å². The van der Waals surface area contributed by atoms with Crippen molar-refractivity contribution in [3.63, 3.8) is 0 Å². The van der Waals surface area contributed by atoms with Crippen LogP contribution in [0.4, 0.5) is 4.39 Å². The lowest BCUT2D eigenvalue weighted by atomic mass is 10.1. The zero-order chi connectivity index (χ0) is 15.4. The Labute approximate surface area is 122 Å². The van der Waals surface area contributed by atoms with Crippen LogP contribution in [-0.4, -0.2) is 16.2 Å². The van der Waals surface area contributed by atoms with Gasteiger partial charge in [0.1, 0.15) is 0 Å². The van der Waals surface area contributed by atoms with Crippen LogP contribution in [0, 0.1) is 5.82 Å². The van der Waals surface area contributed by atoms with Crippen LogP contribution < -0.4 is 16.2 Å². The van der Waals surface area contributed by atoms with E-state index in [1.165, 1.54) is 19.2 Å². The fourth-order valence-corrected chi connectivity index (χ4v) is 2.23. The molecule has 1 heterocycles. The second kappa shape index (κ2) is 6.58. The van der Waals surface area contributed by atoms with Gasteiger partial charge in [0.15, 0.2) is 11.6 Å². The van der Waals surface area contributed by atoms with E-state index in [9.17, 15) is 9.18 Å². The molecule has 0 amide bonds. The summed E-state index contributed by atoms with van der Waals surface area (Å²) in [7, 11) is 1.41. The first kappa shape index (κ1) is 15.3. The zero-order valence-corrected chi connectivity index (χ0v) is 12.3. The molecular formula is C15H20FN3O2. The quantitative estimate of drug-likeness (QED) is 0.885. The number of aromatic nitrogens is 2. The van der Waals surface area contributed by atoms with E-state index in [4.69, 9.17) is 10.5 Å². The Morgan fingerprint density at radius 3 is 2.67 bits per heavy atom. The standard InChI is InChI=1S/C15H20FN3O2/c1-3-6-18-7-8-19(15(18)20)10-13(17)11-4-5-14(21-2)12(16)9-11/h4-5,7-9,13H,3,6,10,17H2,1-2H3. The molecule has 0 fully saturated rings. The Kier molecular flexibility index (Phi) is 4.80. The molecule has 0 bridgehead atoms. The van der Waals surface area contributed by atoms with Crippen LogP contribution >= 0.6 is 0 Å². The maximum atomic E-state index is 13.7. The van der Waals surface area contributed by atoms with E-state index in [1.807, 2.05) is 6.92 Å². The van der Waals surface area contributed by atoms with Crippen molar-refractivity contribution >= 4 is 0 Å². The van der Waals surface area contributed by atoms with Crippen LogP contribution in [-0.2, 0) is 13.1 Å². The second-order valence-corrected chi connectivity index (χ2v) is 4.93. The molecule has 2 aromatic rings. The SMILES string of the molecule is CCCn1ccn(CC(N)c2ccc(OC)c(F)c2)c1=O. The van der Waals surface area contributed by atoms with Gasteiger partial charge in [-0.2, -0.15) is 0 Å². The van der Waals surface area contributed by atoms with Crippen molar-refractivity contribution in [2.24, 2.45) is 5.73 Å². The van der Waals surface area contributed by atoms with E-state index in [0.717, 1.165) is 6.42 Å². The fourth-order valence-electron chi connectivity index (χ4n) is 2.23. The van der Waals surface area contributed by atoms with Crippen molar-refractivity contribution < 1.29 is 9.13 Å². The summed E-state index contributed by atoms with van der Waals surface area (Å²) in [6.45, 7) is 3.00. The first-order valence-electron chi connectivity index (χ1n) is 6.91. The van der Waals surface area contributed by atoms with Crippen molar-refractivity contribution in [2.75, 3.05) is 7.11 Å². The minimum atomic E-state index is -0.458. The van der Waals surface area contributed by atoms with E-state index in [2.05, 4.69) is 0 Å². The highest BCUT2D eigenvalue weighted by Gasteiger charge is 2.12. The van der Waals surface area contributed by atoms with Gasteiger partial charge in [-0.15, -0.1) is 0 Å². The van der Waals surface area contributed by atoms with Gasteiger partial charge in [0.2, 0.25) is 0 Å². The van der Waals surface area contributed by atoms with Crippen LogP contribution in [0.15, 0.2) is 35.4 Å².